The lowest BCUT2D eigenvalue weighted by Crippen LogP contribution is -1.90. The van der Waals surface area contributed by atoms with E-state index in [1.165, 1.54) is 14.2 Å². The molecule has 2 aromatic carbocycles. The van der Waals surface area contributed by atoms with Crippen LogP contribution in [0, 0.1) is 6.92 Å². The van der Waals surface area contributed by atoms with Gasteiger partial charge in [0.1, 0.15) is 17.8 Å². The number of methoxy groups -OCH3 is 2. The van der Waals surface area contributed by atoms with Gasteiger partial charge in [0.05, 0.1) is 24.3 Å². The fourth-order valence-corrected chi connectivity index (χ4v) is 2.85. The smallest absolute Gasteiger partial charge is 0.151 e. The molecule has 0 aliphatic carbocycles. The van der Waals surface area contributed by atoms with E-state index in [1.807, 2.05) is 6.92 Å². The summed E-state index contributed by atoms with van der Waals surface area (Å²) >= 11 is 14.8. The molecular formula is C17H15BrCl2O4. The Morgan fingerprint density at radius 1 is 0.875 bits per heavy atom. The molecule has 0 radical (unpaired) electrons. The summed E-state index contributed by atoms with van der Waals surface area (Å²) in [6.45, 7) is 1.83. The van der Waals surface area contributed by atoms with Crippen molar-refractivity contribution in [3.05, 3.63) is 55.5 Å². The average Bonchev–Trinajstić information content (AvgIpc) is 2.56. The van der Waals surface area contributed by atoms with Gasteiger partial charge >= 0.3 is 0 Å². The quantitative estimate of drug-likeness (QED) is 0.606. The third-order valence-corrected chi connectivity index (χ3v) is 4.34. The lowest BCUT2D eigenvalue weighted by molar-refractivity contribution is 0.111. The van der Waals surface area contributed by atoms with E-state index >= 15 is 0 Å². The number of aldehydes is 2. The van der Waals surface area contributed by atoms with Crippen LogP contribution >= 0.6 is 39.1 Å². The number of rotatable bonds is 4. The van der Waals surface area contributed by atoms with Gasteiger partial charge in [-0.1, -0.05) is 39.1 Å². The average molecular weight is 434 g/mol. The Bertz CT molecular complexity index is 684. The first-order valence-corrected chi connectivity index (χ1v) is 8.20. The Kier molecular flexibility index (Phi) is 8.25. The molecule has 0 N–H and O–H groups in total. The standard InChI is InChI=1S/C9H9ClO2.C8H6BrClO2/c1-6-3-8(10)9(12-2)4-7(6)5-11;1-12-8-2-5(4-11)6(9)3-7(8)10/h3-5H,1-2H3;2-4H,1H3. The molecule has 0 saturated carbocycles. The zero-order valence-electron chi connectivity index (χ0n) is 13.2. The van der Waals surface area contributed by atoms with Crippen molar-refractivity contribution in [1.82, 2.24) is 0 Å². The lowest BCUT2D eigenvalue weighted by atomic mass is 10.1. The highest BCUT2D eigenvalue weighted by atomic mass is 79.9. The second-order valence-corrected chi connectivity index (χ2v) is 6.26. The highest BCUT2D eigenvalue weighted by molar-refractivity contribution is 9.10. The van der Waals surface area contributed by atoms with Crippen LogP contribution in [0.4, 0.5) is 0 Å². The Labute approximate surface area is 158 Å². The number of aryl methyl sites for hydroxylation is 1. The molecule has 0 fully saturated rings. The van der Waals surface area contributed by atoms with Crippen LogP contribution in [-0.2, 0) is 0 Å². The first kappa shape index (κ1) is 20.5. The monoisotopic (exact) mass is 432 g/mol. The second kappa shape index (κ2) is 9.67. The van der Waals surface area contributed by atoms with Gasteiger partial charge in [-0.2, -0.15) is 0 Å². The first-order valence-electron chi connectivity index (χ1n) is 6.65. The maximum Gasteiger partial charge on any atom is 0.151 e. The molecule has 2 rings (SSSR count). The van der Waals surface area contributed by atoms with Crippen molar-refractivity contribution in [2.75, 3.05) is 14.2 Å². The predicted molar refractivity (Wildman–Crippen MR) is 99.2 cm³/mol. The van der Waals surface area contributed by atoms with Gasteiger partial charge in [-0.25, -0.2) is 0 Å². The summed E-state index contributed by atoms with van der Waals surface area (Å²) in [5.74, 6) is 1.03. The normalized spacial score (nSPS) is 9.58. The summed E-state index contributed by atoms with van der Waals surface area (Å²) in [5.41, 5.74) is 1.99. The van der Waals surface area contributed by atoms with Crippen molar-refractivity contribution >= 4 is 51.7 Å². The first-order chi connectivity index (χ1) is 11.4. The molecule has 0 atom stereocenters. The number of ether oxygens (including phenoxy) is 2. The van der Waals surface area contributed by atoms with Crippen LogP contribution in [0.5, 0.6) is 11.5 Å². The summed E-state index contributed by atoms with van der Waals surface area (Å²) < 4.78 is 10.6. The van der Waals surface area contributed by atoms with Crippen LogP contribution in [-0.4, -0.2) is 26.8 Å². The molecule has 2 aromatic rings. The highest BCUT2D eigenvalue weighted by Crippen LogP contribution is 2.30. The van der Waals surface area contributed by atoms with Crippen LogP contribution in [0.1, 0.15) is 26.3 Å². The van der Waals surface area contributed by atoms with E-state index in [1.54, 1.807) is 24.3 Å². The zero-order valence-corrected chi connectivity index (χ0v) is 16.3. The maximum absolute atomic E-state index is 10.5. The van der Waals surface area contributed by atoms with E-state index < -0.39 is 0 Å². The van der Waals surface area contributed by atoms with E-state index in [-0.39, 0.29) is 0 Å². The summed E-state index contributed by atoms with van der Waals surface area (Å²) in [5, 5.41) is 1.01. The summed E-state index contributed by atoms with van der Waals surface area (Å²) in [6, 6.07) is 6.55. The van der Waals surface area contributed by atoms with Crippen LogP contribution in [0.2, 0.25) is 10.0 Å². The number of carbonyl (C=O) groups excluding carboxylic acids is 2. The molecule has 4 nitrogen and oxygen atoms in total. The second-order valence-electron chi connectivity index (χ2n) is 4.59. The Morgan fingerprint density at radius 2 is 1.33 bits per heavy atom. The Balaban J connectivity index is 0.000000240. The van der Waals surface area contributed by atoms with Gasteiger partial charge in [0.2, 0.25) is 0 Å². The van der Waals surface area contributed by atoms with Gasteiger partial charge in [-0.15, -0.1) is 0 Å². The van der Waals surface area contributed by atoms with E-state index in [0.29, 0.717) is 37.1 Å². The molecule has 0 aliphatic heterocycles. The van der Waals surface area contributed by atoms with Gasteiger partial charge in [-0.05, 0) is 36.8 Å². The van der Waals surface area contributed by atoms with Crippen molar-refractivity contribution in [1.29, 1.82) is 0 Å². The number of carbonyl (C=O) groups is 2. The molecule has 0 spiro atoms. The summed E-state index contributed by atoms with van der Waals surface area (Å²) in [7, 11) is 3.02. The highest BCUT2D eigenvalue weighted by Gasteiger charge is 2.06. The van der Waals surface area contributed by atoms with Crippen LogP contribution < -0.4 is 9.47 Å². The number of halogens is 3. The van der Waals surface area contributed by atoms with Gasteiger partial charge < -0.3 is 9.47 Å². The largest absolute Gasteiger partial charge is 0.495 e. The lowest BCUT2D eigenvalue weighted by Gasteiger charge is -2.05. The van der Waals surface area contributed by atoms with Crippen molar-refractivity contribution in [3.8, 4) is 11.5 Å². The molecule has 0 amide bonds. The van der Waals surface area contributed by atoms with Crippen molar-refractivity contribution in [2.45, 2.75) is 6.92 Å². The fourth-order valence-electron chi connectivity index (χ4n) is 1.74. The topological polar surface area (TPSA) is 52.6 Å². The molecule has 0 saturated heterocycles. The Morgan fingerprint density at radius 3 is 1.79 bits per heavy atom. The molecule has 128 valence electrons. The van der Waals surface area contributed by atoms with E-state index in [2.05, 4.69) is 15.9 Å². The number of benzene rings is 2. The molecule has 0 heterocycles. The maximum atomic E-state index is 10.5. The SMILES string of the molecule is COc1cc(C=O)c(Br)cc1Cl.COc1cc(C=O)c(C)cc1Cl. The van der Waals surface area contributed by atoms with E-state index in [0.717, 1.165) is 18.1 Å². The number of hydrogen-bond donors (Lipinski definition) is 0. The van der Waals surface area contributed by atoms with Gasteiger partial charge in [-0.3, -0.25) is 9.59 Å². The Hall–Kier alpha value is -1.56. The molecule has 7 heteroatoms. The molecule has 24 heavy (non-hydrogen) atoms. The van der Waals surface area contributed by atoms with E-state index in [9.17, 15) is 9.59 Å². The van der Waals surface area contributed by atoms with Crippen molar-refractivity contribution < 1.29 is 19.1 Å². The molecule has 0 bridgehead atoms. The summed E-state index contributed by atoms with van der Waals surface area (Å²) in [6.07, 6.45) is 1.52. The minimum atomic E-state index is 0.481. The minimum absolute atomic E-state index is 0.481. The van der Waals surface area contributed by atoms with Gasteiger partial charge in [0.15, 0.2) is 6.29 Å². The summed E-state index contributed by atoms with van der Waals surface area (Å²) in [4.78, 5) is 21.0. The van der Waals surface area contributed by atoms with Crippen LogP contribution in [0.3, 0.4) is 0 Å². The fraction of sp³-hybridized carbons (Fsp3) is 0.176. The van der Waals surface area contributed by atoms with Gasteiger partial charge in [0.25, 0.3) is 0 Å². The van der Waals surface area contributed by atoms with Crippen molar-refractivity contribution in [2.24, 2.45) is 0 Å². The molecule has 0 aromatic heterocycles. The predicted octanol–water partition coefficient (Wildman–Crippen LogP) is 5.39. The molecule has 0 aliphatic rings. The van der Waals surface area contributed by atoms with Crippen LogP contribution in [0.25, 0.3) is 0 Å². The third-order valence-electron chi connectivity index (χ3n) is 3.07. The van der Waals surface area contributed by atoms with Crippen LogP contribution in [0.15, 0.2) is 28.7 Å². The van der Waals surface area contributed by atoms with Crippen molar-refractivity contribution in [3.63, 3.8) is 0 Å². The minimum Gasteiger partial charge on any atom is -0.495 e. The third kappa shape index (κ3) is 5.23. The molecular weight excluding hydrogens is 419 g/mol. The zero-order chi connectivity index (χ0) is 18.3. The number of hydrogen-bond acceptors (Lipinski definition) is 4. The van der Waals surface area contributed by atoms with E-state index in [4.69, 9.17) is 32.7 Å². The molecule has 0 unspecified atom stereocenters. The van der Waals surface area contributed by atoms with Gasteiger partial charge in [0, 0.05) is 15.6 Å².